The summed E-state index contributed by atoms with van der Waals surface area (Å²) in [5, 5.41) is 0. The molecule has 2 saturated heterocycles. The fourth-order valence-corrected chi connectivity index (χ4v) is 4.23. The number of thioether (sulfide) groups is 1. The smallest absolute Gasteiger partial charge is 0.227 e. The van der Waals surface area contributed by atoms with Gasteiger partial charge in [-0.25, -0.2) is 4.39 Å². The predicted molar refractivity (Wildman–Crippen MR) is 98.4 cm³/mol. The Morgan fingerprint density at radius 2 is 1.85 bits per heavy atom. The summed E-state index contributed by atoms with van der Waals surface area (Å²) in [5.41, 5.74) is 0. The van der Waals surface area contributed by atoms with E-state index in [1.165, 1.54) is 12.1 Å². The van der Waals surface area contributed by atoms with Gasteiger partial charge in [0, 0.05) is 43.2 Å². The first-order valence-corrected chi connectivity index (χ1v) is 10.1. The first kappa shape index (κ1) is 19.2. The zero-order valence-corrected chi connectivity index (χ0v) is 15.7. The Kier molecular flexibility index (Phi) is 6.91. The Bertz CT molecular complexity index is 620. The minimum Gasteiger partial charge on any atom is -0.378 e. The summed E-state index contributed by atoms with van der Waals surface area (Å²) in [6.07, 6.45) is 2.16. The predicted octanol–water partition coefficient (Wildman–Crippen LogP) is 2.41. The average Bonchev–Trinajstić information content (AvgIpc) is 2.69. The molecule has 1 atom stereocenters. The van der Waals surface area contributed by atoms with Crippen LogP contribution >= 0.6 is 11.8 Å². The highest BCUT2D eigenvalue weighted by Crippen LogP contribution is 2.22. The molecule has 142 valence electrons. The van der Waals surface area contributed by atoms with Crippen molar-refractivity contribution in [1.29, 1.82) is 0 Å². The number of nitrogens with zero attached hydrogens (tertiary/aromatic N) is 2. The molecule has 0 aliphatic carbocycles. The Morgan fingerprint density at radius 3 is 2.58 bits per heavy atom. The second-order valence-electron chi connectivity index (χ2n) is 6.67. The largest absolute Gasteiger partial charge is 0.378 e. The molecule has 0 radical (unpaired) electrons. The molecule has 2 heterocycles. The van der Waals surface area contributed by atoms with Crippen LogP contribution in [0, 0.1) is 11.7 Å². The summed E-state index contributed by atoms with van der Waals surface area (Å²) in [7, 11) is 0. The van der Waals surface area contributed by atoms with Crippen molar-refractivity contribution < 1.29 is 18.7 Å². The number of ether oxygens (including phenoxy) is 1. The van der Waals surface area contributed by atoms with Crippen LogP contribution in [-0.4, -0.2) is 66.8 Å². The minimum atomic E-state index is -0.255. The third-order valence-electron chi connectivity index (χ3n) is 4.84. The van der Waals surface area contributed by atoms with Gasteiger partial charge in [0.2, 0.25) is 11.8 Å². The van der Waals surface area contributed by atoms with Crippen molar-refractivity contribution in [3.63, 3.8) is 0 Å². The SMILES string of the molecule is O=C(CCSc1ccc(F)cc1)N1CCCC(C(=O)N2CCOCC2)C1. The highest BCUT2D eigenvalue weighted by atomic mass is 32.2. The topological polar surface area (TPSA) is 49.9 Å². The van der Waals surface area contributed by atoms with E-state index < -0.39 is 0 Å². The van der Waals surface area contributed by atoms with E-state index in [0.29, 0.717) is 45.0 Å². The monoisotopic (exact) mass is 380 g/mol. The van der Waals surface area contributed by atoms with E-state index in [-0.39, 0.29) is 23.5 Å². The fourth-order valence-electron chi connectivity index (χ4n) is 3.39. The number of morpholine rings is 1. The third-order valence-corrected chi connectivity index (χ3v) is 5.86. The molecular weight excluding hydrogens is 355 g/mol. The third kappa shape index (κ3) is 5.20. The normalized spacial score (nSPS) is 20.9. The van der Waals surface area contributed by atoms with Gasteiger partial charge in [-0.2, -0.15) is 0 Å². The Hall–Kier alpha value is -1.60. The first-order chi connectivity index (χ1) is 12.6. The summed E-state index contributed by atoms with van der Waals surface area (Å²) in [6.45, 7) is 3.75. The molecule has 1 aromatic rings. The molecule has 0 spiro atoms. The van der Waals surface area contributed by atoms with E-state index >= 15 is 0 Å². The van der Waals surface area contributed by atoms with Gasteiger partial charge in [-0.1, -0.05) is 0 Å². The van der Waals surface area contributed by atoms with Gasteiger partial charge < -0.3 is 14.5 Å². The van der Waals surface area contributed by atoms with E-state index in [2.05, 4.69) is 0 Å². The van der Waals surface area contributed by atoms with Gasteiger partial charge in [0.25, 0.3) is 0 Å². The summed E-state index contributed by atoms with van der Waals surface area (Å²) >= 11 is 1.55. The van der Waals surface area contributed by atoms with Crippen molar-refractivity contribution in [3.8, 4) is 0 Å². The standard InChI is InChI=1S/C19H25FN2O3S/c20-16-3-5-17(6-4-16)26-13-7-18(23)22-8-1-2-15(14-22)19(24)21-9-11-25-12-10-21/h3-6,15H,1-2,7-14H2. The van der Waals surface area contributed by atoms with Crippen LogP contribution in [0.2, 0.25) is 0 Å². The van der Waals surface area contributed by atoms with Crippen LogP contribution < -0.4 is 0 Å². The molecule has 2 amide bonds. The molecule has 0 N–H and O–H groups in total. The number of benzene rings is 1. The fraction of sp³-hybridized carbons (Fsp3) is 0.579. The number of carbonyl (C=O) groups excluding carboxylic acids is 2. The number of hydrogen-bond acceptors (Lipinski definition) is 4. The van der Waals surface area contributed by atoms with Crippen molar-refractivity contribution in [3.05, 3.63) is 30.1 Å². The summed E-state index contributed by atoms with van der Waals surface area (Å²) in [4.78, 5) is 29.8. The van der Waals surface area contributed by atoms with Gasteiger partial charge in [0.15, 0.2) is 0 Å². The van der Waals surface area contributed by atoms with Crippen molar-refractivity contribution in [2.45, 2.75) is 24.2 Å². The number of rotatable bonds is 5. The van der Waals surface area contributed by atoms with Crippen molar-refractivity contribution in [2.24, 2.45) is 5.92 Å². The second kappa shape index (κ2) is 9.37. The lowest BCUT2D eigenvalue weighted by molar-refractivity contribution is -0.143. The summed E-state index contributed by atoms with van der Waals surface area (Å²) < 4.78 is 18.2. The number of carbonyl (C=O) groups is 2. The van der Waals surface area contributed by atoms with E-state index in [0.717, 1.165) is 24.3 Å². The van der Waals surface area contributed by atoms with Crippen LogP contribution in [0.1, 0.15) is 19.3 Å². The Labute approximate surface area is 157 Å². The number of amides is 2. The lowest BCUT2D eigenvalue weighted by atomic mass is 9.96. The molecule has 2 aliphatic rings. The number of likely N-dealkylation sites (tertiary alicyclic amines) is 1. The molecule has 26 heavy (non-hydrogen) atoms. The average molecular weight is 380 g/mol. The first-order valence-electron chi connectivity index (χ1n) is 9.16. The van der Waals surface area contributed by atoms with Crippen molar-refractivity contribution >= 4 is 23.6 Å². The second-order valence-corrected chi connectivity index (χ2v) is 7.84. The van der Waals surface area contributed by atoms with Gasteiger partial charge >= 0.3 is 0 Å². The van der Waals surface area contributed by atoms with Crippen molar-refractivity contribution in [1.82, 2.24) is 9.80 Å². The molecular formula is C19H25FN2O3S. The highest BCUT2D eigenvalue weighted by molar-refractivity contribution is 7.99. The maximum absolute atomic E-state index is 12.9. The molecule has 0 saturated carbocycles. The van der Waals surface area contributed by atoms with E-state index in [4.69, 9.17) is 4.74 Å². The Morgan fingerprint density at radius 1 is 1.12 bits per heavy atom. The van der Waals surface area contributed by atoms with Crippen molar-refractivity contribution in [2.75, 3.05) is 45.1 Å². The molecule has 2 aliphatic heterocycles. The summed E-state index contributed by atoms with van der Waals surface area (Å²) in [5.74, 6) is 0.569. The molecule has 3 rings (SSSR count). The van der Waals surface area contributed by atoms with Gasteiger partial charge in [0.05, 0.1) is 19.1 Å². The number of piperidine rings is 1. The van der Waals surface area contributed by atoms with Gasteiger partial charge in [-0.15, -0.1) is 11.8 Å². The van der Waals surface area contributed by atoms with Gasteiger partial charge in [-0.3, -0.25) is 9.59 Å². The maximum Gasteiger partial charge on any atom is 0.227 e. The molecule has 0 aromatic heterocycles. The zero-order valence-electron chi connectivity index (χ0n) is 14.9. The lowest BCUT2D eigenvalue weighted by Gasteiger charge is -2.36. The molecule has 7 heteroatoms. The molecule has 1 aromatic carbocycles. The van der Waals surface area contributed by atoms with E-state index in [9.17, 15) is 14.0 Å². The number of halogens is 1. The Balaban J connectivity index is 1.45. The van der Waals surface area contributed by atoms with Crippen LogP contribution in [0.15, 0.2) is 29.2 Å². The van der Waals surface area contributed by atoms with Crippen LogP contribution in [0.3, 0.4) is 0 Å². The molecule has 1 unspecified atom stereocenters. The van der Waals surface area contributed by atoms with Gasteiger partial charge in [0.1, 0.15) is 5.82 Å². The van der Waals surface area contributed by atoms with Crippen LogP contribution in [0.4, 0.5) is 4.39 Å². The molecule has 2 fully saturated rings. The summed E-state index contributed by atoms with van der Waals surface area (Å²) in [6, 6.07) is 6.30. The number of hydrogen-bond donors (Lipinski definition) is 0. The van der Waals surface area contributed by atoms with Crippen LogP contribution in [0.25, 0.3) is 0 Å². The highest BCUT2D eigenvalue weighted by Gasteiger charge is 2.31. The van der Waals surface area contributed by atoms with Crippen LogP contribution in [0.5, 0.6) is 0 Å². The zero-order chi connectivity index (χ0) is 18.4. The molecule has 0 bridgehead atoms. The minimum absolute atomic E-state index is 0.0875. The van der Waals surface area contributed by atoms with E-state index in [1.807, 2.05) is 9.80 Å². The van der Waals surface area contributed by atoms with Gasteiger partial charge in [-0.05, 0) is 37.1 Å². The van der Waals surface area contributed by atoms with E-state index in [1.54, 1.807) is 23.9 Å². The maximum atomic E-state index is 12.9. The molecule has 5 nitrogen and oxygen atoms in total. The quantitative estimate of drug-likeness (QED) is 0.736. The lowest BCUT2D eigenvalue weighted by Crippen LogP contribution is -2.49. The van der Waals surface area contributed by atoms with Crippen LogP contribution in [-0.2, 0) is 14.3 Å².